The minimum Gasteiger partial charge on any atom is -0.482 e. The maximum Gasteiger partial charge on any atom is 0.407 e. The second-order valence-electron chi connectivity index (χ2n) is 6.21. The topological polar surface area (TPSA) is 84.9 Å². The first-order valence-corrected chi connectivity index (χ1v) is 7.66. The summed E-state index contributed by atoms with van der Waals surface area (Å²) in [5.74, 6) is -0.450. The quantitative estimate of drug-likeness (QED) is 0.718. The van der Waals surface area contributed by atoms with Crippen molar-refractivity contribution < 1.29 is 24.2 Å². The summed E-state index contributed by atoms with van der Waals surface area (Å²) in [5.41, 5.74) is 0.666. The van der Waals surface area contributed by atoms with Gasteiger partial charge in [0.15, 0.2) is 6.61 Å². The monoisotopic (exact) mass is 323 g/mol. The Morgan fingerprint density at radius 3 is 2.35 bits per heavy atom. The summed E-state index contributed by atoms with van der Waals surface area (Å²) in [4.78, 5) is 21.9. The van der Waals surface area contributed by atoms with Gasteiger partial charge >= 0.3 is 12.1 Å². The van der Waals surface area contributed by atoms with Crippen LogP contribution in [0.5, 0.6) is 5.75 Å². The molecule has 0 aromatic heterocycles. The fourth-order valence-corrected chi connectivity index (χ4v) is 1.86. The summed E-state index contributed by atoms with van der Waals surface area (Å²) in [6, 6.07) is 7.35. The Labute approximate surface area is 136 Å². The zero-order chi connectivity index (χ0) is 17.3. The molecule has 1 aromatic carbocycles. The zero-order valence-electron chi connectivity index (χ0n) is 13.9. The van der Waals surface area contributed by atoms with Crippen LogP contribution in [0.15, 0.2) is 24.3 Å². The Balaban J connectivity index is 2.18. The molecule has 6 heteroatoms. The Morgan fingerprint density at radius 2 is 1.78 bits per heavy atom. The van der Waals surface area contributed by atoms with Crippen LogP contribution in [-0.4, -0.2) is 35.9 Å². The van der Waals surface area contributed by atoms with Crippen molar-refractivity contribution >= 4 is 12.1 Å². The number of alkyl carbamates (subject to hydrolysis) is 1. The number of carboxylic acid groups (broad SMARTS) is 1. The smallest absolute Gasteiger partial charge is 0.407 e. The maximum absolute atomic E-state index is 11.4. The largest absolute Gasteiger partial charge is 0.482 e. The van der Waals surface area contributed by atoms with Crippen LogP contribution in [0.4, 0.5) is 4.79 Å². The Kier molecular flexibility index (Phi) is 7.38. The summed E-state index contributed by atoms with van der Waals surface area (Å²) >= 11 is 0. The number of aryl methyl sites for hydroxylation is 1. The van der Waals surface area contributed by atoms with Gasteiger partial charge in [-0.05, 0) is 57.7 Å². The summed E-state index contributed by atoms with van der Waals surface area (Å²) < 4.78 is 10.2. The molecule has 0 saturated heterocycles. The number of nitrogens with one attached hydrogen (secondary N) is 1. The molecule has 0 heterocycles. The molecule has 0 unspecified atom stereocenters. The molecule has 0 saturated carbocycles. The Bertz CT molecular complexity index is 505. The van der Waals surface area contributed by atoms with Crippen LogP contribution in [0.2, 0.25) is 0 Å². The van der Waals surface area contributed by atoms with E-state index in [1.54, 1.807) is 12.1 Å². The fraction of sp³-hybridized carbons (Fsp3) is 0.529. The number of carbonyl (C=O) groups is 2. The van der Waals surface area contributed by atoms with E-state index in [0.717, 1.165) is 24.8 Å². The van der Waals surface area contributed by atoms with Gasteiger partial charge in [-0.3, -0.25) is 0 Å². The first-order chi connectivity index (χ1) is 10.8. The number of ether oxygens (including phenoxy) is 2. The van der Waals surface area contributed by atoms with Gasteiger partial charge in [0.2, 0.25) is 0 Å². The van der Waals surface area contributed by atoms with Crippen LogP contribution in [0, 0.1) is 0 Å². The molecule has 2 N–H and O–H groups in total. The lowest BCUT2D eigenvalue weighted by atomic mass is 10.1. The molecule has 128 valence electrons. The van der Waals surface area contributed by atoms with E-state index >= 15 is 0 Å². The number of hydrogen-bond donors (Lipinski definition) is 2. The molecule has 0 fully saturated rings. The van der Waals surface area contributed by atoms with E-state index in [9.17, 15) is 9.59 Å². The predicted octanol–water partition coefficient (Wildman–Crippen LogP) is 3.00. The lowest BCUT2D eigenvalue weighted by Gasteiger charge is -2.19. The number of aliphatic carboxylic acids is 1. The number of unbranched alkanes of at least 4 members (excludes halogenated alkanes) is 1. The van der Waals surface area contributed by atoms with E-state index in [1.807, 2.05) is 32.9 Å². The highest BCUT2D eigenvalue weighted by molar-refractivity contribution is 5.68. The van der Waals surface area contributed by atoms with Crippen molar-refractivity contribution in [3.63, 3.8) is 0 Å². The van der Waals surface area contributed by atoms with Gasteiger partial charge in [0.05, 0.1) is 0 Å². The molecule has 0 bridgehead atoms. The normalized spacial score (nSPS) is 10.9. The molecule has 0 atom stereocenters. The van der Waals surface area contributed by atoms with Crippen molar-refractivity contribution in [1.29, 1.82) is 0 Å². The lowest BCUT2D eigenvalue weighted by Crippen LogP contribution is -2.33. The van der Waals surface area contributed by atoms with Gasteiger partial charge in [0.1, 0.15) is 11.4 Å². The van der Waals surface area contributed by atoms with Crippen LogP contribution in [0.1, 0.15) is 39.2 Å². The Hall–Kier alpha value is -2.24. The van der Waals surface area contributed by atoms with Crippen molar-refractivity contribution in [1.82, 2.24) is 5.32 Å². The first-order valence-electron chi connectivity index (χ1n) is 7.66. The molecule has 23 heavy (non-hydrogen) atoms. The average Bonchev–Trinajstić information content (AvgIpc) is 2.44. The molecule has 0 radical (unpaired) electrons. The van der Waals surface area contributed by atoms with Crippen LogP contribution in [0.25, 0.3) is 0 Å². The minimum atomic E-state index is -0.994. The highest BCUT2D eigenvalue weighted by atomic mass is 16.6. The second kappa shape index (κ2) is 9.02. The number of hydrogen-bond acceptors (Lipinski definition) is 4. The summed E-state index contributed by atoms with van der Waals surface area (Å²) in [6.07, 6.45) is 2.29. The van der Waals surface area contributed by atoms with Crippen LogP contribution < -0.4 is 10.1 Å². The van der Waals surface area contributed by atoms with E-state index in [2.05, 4.69) is 5.32 Å². The number of rotatable bonds is 8. The third-order valence-electron chi connectivity index (χ3n) is 2.85. The molecule has 0 spiro atoms. The van der Waals surface area contributed by atoms with E-state index in [-0.39, 0.29) is 6.61 Å². The average molecular weight is 323 g/mol. The van der Waals surface area contributed by atoms with Gasteiger partial charge in [0.25, 0.3) is 0 Å². The SMILES string of the molecule is CC(C)(C)OC(=O)NCCCCc1ccc(OCC(=O)O)cc1. The van der Waals surface area contributed by atoms with Crippen LogP contribution >= 0.6 is 0 Å². The highest BCUT2D eigenvalue weighted by Crippen LogP contribution is 2.14. The second-order valence-corrected chi connectivity index (χ2v) is 6.21. The van der Waals surface area contributed by atoms with Gasteiger partial charge in [0, 0.05) is 6.54 Å². The van der Waals surface area contributed by atoms with Gasteiger partial charge in [-0.25, -0.2) is 9.59 Å². The predicted molar refractivity (Wildman–Crippen MR) is 86.7 cm³/mol. The van der Waals surface area contributed by atoms with Crippen molar-refractivity contribution in [2.75, 3.05) is 13.2 Å². The zero-order valence-corrected chi connectivity index (χ0v) is 13.9. The summed E-state index contributed by atoms with van der Waals surface area (Å²) in [6.45, 7) is 5.73. The van der Waals surface area contributed by atoms with Crippen molar-refractivity contribution in [3.05, 3.63) is 29.8 Å². The summed E-state index contributed by atoms with van der Waals surface area (Å²) in [7, 11) is 0. The molecule has 1 amide bonds. The van der Waals surface area contributed by atoms with Crippen molar-refractivity contribution in [2.24, 2.45) is 0 Å². The van der Waals surface area contributed by atoms with Gasteiger partial charge < -0.3 is 19.9 Å². The number of carbonyl (C=O) groups excluding carboxylic acids is 1. The van der Waals surface area contributed by atoms with Crippen molar-refractivity contribution in [3.8, 4) is 5.75 Å². The minimum absolute atomic E-state index is 0.338. The molecule has 1 aromatic rings. The molecule has 0 aliphatic rings. The van der Waals surface area contributed by atoms with E-state index in [1.165, 1.54) is 0 Å². The number of benzene rings is 1. The first kappa shape index (κ1) is 18.8. The molecule has 0 aliphatic heterocycles. The number of amides is 1. The maximum atomic E-state index is 11.4. The molecular weight excluding hydrogens is 298 g/mol. The fourth-order valence-electron chi connectivity index (χ4n) is 1.86. The van der Waals surface area contributed by atoms with Crippen LogP contribution in [0.3, 0.4) is 0 Å². The lowest BCUT2D eigenvalue weighted by molar-refractivity contribution is -0.139. The third-order valence-corrected chi connectivity index (χ3v) is 2.85. The van der Waals surface area contributed by atoms with E-state index < -0.39 is 17.7 Å². The third kappa shape index (κ3) is 9.39. The Morgan fingerprint density at radius 1 is 1.13 bits per heavy atom. The molecule has 0 aliphatic carbocycles. The van der Waals surface area contributed by atoms with Gasteiger partial charge in [-0.2, -0.15) is 0 Å². The van der Waals surface area contributed by atoms with Gasteiger partial charge in [-0.1, -0.05) is 12.1 Å². The highest BCUT2D eigenvalue weighted by Gasteiger charge is 2.15. The van der Waals surface area contributed by atoms with Gasteiger partial charge in [-0.15, -0.1) is 0 Å². The van der Waals surface area contributed by atoms with E-state index in [4.69, 9.17) is 14.6 Å². The van der Waals surface area contributed by atoms with E-state index in [0.29, 0.717) is 12.3 Å². The standard InChI is InChI=1S/C17H25NO5/c1-17(2,3)23-16(21)18-11-5-4-6-13-7-9-14(10-8-13)22-12-15(19)20/h7-10H,4-6,11-12H2,1-3H3,(H,18,21)(H,19,20). The summed E-state index contributed by atoms with van der Waals surface area (Å²) in [5, 5.41) is 11.3. The van der Waals surface area contributed by atoms with Crippen molar-refractivity contribution in [2.45, 2.75) is 45.6 Å². The molecular formula is C17H25NO5. The van der Waals surface area contributed by atoms with Crippen LogP contribution in [-0.2, 0) is 16.0 Å². The number of carboxylic acids is 1. The molecule has 6 nitrogen and oxygen atoms in total. The molecule has 1 rings (SSSR count).